The molecule has 0 saturated carbocycles. The number of amides is 3. The average molecular weight is 535 g/mol. The van der Waals surface area contributed by atoms with E-state index in [1.807, 2.05) is 31.2 Å². The minimum absolute atomic E-state index is 0.0160. The van der Waals surface area contributed by atoms with E-state index in [1.165, 1.54) is 14.0 Å². The molecule has 3 amide bonds. The number of ether oxygens (including phenoxy) is 2. The fraction of sp³-hybridized carbons (Fsp3) is 0.577. The van der Waals surface area contributed by atoms with Crippen molar-refractivity contribution >= 4 is 29.7 Å². The van der Waals surface area contributed by atoms with Gasteiger partial charge in [-0.25, -0.2) is 0 Å². The van der Waals surface area contributed by atoms with Crippen LogP contribution in [0.1, 0.15) is 58.4 Å². The van der Waals surface area contributed by atoms with Crippen molar-refractivity contribution in [2.75, 3.05) is 20.3 Å². The Kier molecular flexibility index (Phi) is 14.9. The Morgan fingerprint density at radius 1 is 1.00 bits per heavy atom. The Morgan fingerprint density at radius 3 is 2.24 bits per heavy atom. The van der Waals surface area contributed by atoms with Gasteiger partial charge in [-0.3, -0.25) is 24.6 Å². The summed E-state index contributed by atoms with van der Waals surface area (Å²) in [5, 5.41) is 18.1. The number of methoxy groups -OCH3 is 1. The molecule has 0 aromatic heterocycles. The summed E-state index contributed by atoms with van der Waals surface area (Å²) in [4.78, 5) is 49.7. The fourth-order valence-corrected chi connectivity index (χ4v) is 3.60. The number of esters is 1. The van der Waals surface area contributed by atoms with Crippen LogP contribution in [0.3, 0.4) is 0 Å². The molecule has 0 heterocycles. The van der Waals surface area contributed by atoms with Crippen molar-refractivity contribution in [3.05, 3.63) is 29.8 Å². The monoisotopic (exact) mass is 534 g/mol. The molecule has 0 aliphatic carbocycles. The van der Waals surface area contributed by atoms with Gasteiger partial charge in [-0.05, 0) is 50.3 Å². The van der Waals surface area contributed by atoms with Crippen molar-refractivity contribution in [1.29, 1.82) is 5.41 Å². The second kappa shape index (κ2) is 17.6. The highest BCUT2D eigenvalue weighted by atomic mass is 16.5. The summed E-state index contributed by atoms with van der Waals surface area (Å²) in [6.07, 6.45) is 2.55. The predicted molar refractivity (Wildman–Crippen MR) is 143 cm³/mol. The van der Waals surface area contributed by atoms with Crippen LogP contribution in [0.4, 0.5) is 0 Å². The molecule has 12 nitrogen and oxygen atoms in total. The number of hydrogen-bond acceptors (Lipinski definition) is 7. The number of carbonyl (C=O) groups is 4. The summed E-state index contributed by atoms with van der Waals surface area (Å²) in [7, 11) is 1.27. The number of unbranched alkanes of at least 4 members (excludes halogenated alkanes) is 1. The van der Waals surface area contributed by atoms with E-state index in [-0.39, 0.29) is 24.7 Å². The first kappa shape index (κ1) is 32.2. The molecule has 7 N–H and O–H groups in total. The Balaban J connectivity index is 2.93. The number of carbonyl (C=O) groups excluding carboxylic acids is 4. The van der Waals surface area contributed by atoms with Gasteiger partial charge in [-0.15, -0.1) is 0 Å². The average Bonchev–Trinajstić information content (AvgIpc) is 2.86. The molecule has 1 aromatic carbocycles. The highest BCUT2D eigenvalue weighted by Crippen LogP contribution is 2.14. The van der Waals surface area contributed by atoms with Crippen LogP contribution >= 0.6 is 0 Å². The molecule has 0 fully saturated rings. The number of nitrogens with two attached hydrogens (primary N) is 1. The van der Waals surface area contributed by atoms with E-state index in [4.69, 9.17) is 15.9 Å². The van der Waals surface area contributed by atoms with Gasteiger partial charge in [0.25, 0.3) is 0 Å². The van der Waals surface area contributed by atoms with Gasteiger partial charge < -0.3 is 36.5 Å². The largest absolute Gasteiger partial charge is 0.494 e. The van der Waals surface area contributed by atoms with Gasteiger partial charge in [-0.2, -0.15) is 0 Å². The normalized spacial score (nSPS) is 12.8. The quantitative estimate of drug-likeness (QED) is 0.0731. The number of hydrogen-bond donors (Lipinski definition) is 6. The summed E-state index contributed by atoms with van der Waals surface area (Å²) < 4.78 is 10.2. The SMILES string of the molecule is CCCOc1ccc(C[C@H](NC(C)=O)C(=O)N[C@@H](CCCCNC(=N)N)C(=O)N[C@@H](C)CC(=O)OC)cc1. The molecule has 212 valence electrons. The first-order valence-electron chi connectivity index (χ1n) is 12.8. The summed E-state index contributed by atoms with van der Waals surface area (Å²) in [5.41, 5.74) is 6.10. The Morgan fingerprint density at radius 2 is 1.66 bits per heavy atom. The van der Waals surface area contributed by atoms with Crippen molar-refractivity contribution in [2.24, 2.45) is 5.73 Å². The molecule has 0 aliphatic heterocycles. The van der Waals surface area contributed by atoms with Crippen LogP contribution in [0.15, 0.2) is 24.3 Å². The minimum atomic E-state index is -0.905. The van der Waals surface area contributed by atoms with Crippen LogP contribution < -0.4 is 31.7 Å². The highest BCUT2D eigenvalue weighted by Gasteiger charge is 2.27. The number of rotatable bonds is 17. The highest BCUT2D eigenvalue weighted by molar-refractivity contribution is 5.92. The molecule has 0 aliphatic rings. The Bertz CT molecular complexity index is 923. The maximum absolute atomic E-state index is 13.2. The predicted octanol–water partition coefficient (Wildman–Crippen LogP) is 0.729. The van der Waals surface area contributed by atoms with E-state index in [1.54, 1.807) is 6.92 Å². The van der Waals surface area contributed by atoms with Crippen molar-refractivity contribution in [3.63, 3.8) is 0 Å². The number of benzene rings is 1. The third kappa shape index (κ3) is 13.5. The Hall–Kier alpha value is -3.83. The smallest absolute Gasteiger partial charge is 0.307 e. The standard InChI is InChI=1S/C26H42N6O6/c1-5-14-38-20-11-9-19(10-12-20)16-22(31-18(3)33)25(36)32-21(8-6-7-13-29-26(27)28)24(35)30-17(2)15-23(34)37-4/h9-12,17,21-22H,5-8,13-16H2,1-4H3,(H,30,35)(H,31,33)(H,32,36)(H4,27,28,29)/t17-,21-,22-/m0/s1. The summed E-state index contributed by atoms with van der Waals surface area (Å²) in [5.74, 6) is -1.23. The van der Waals surface area contributed by atoms with Gasteiger partial charge >= 0.3 is 5.97 Å². The molecule has 0 spiro atoms. The van der Waals surface area contributed by atoms with E-state index in [2.05, 4.69) is 26.0 Å². The van der Waals surface area contributed by atoms with Gasteiger partial charge in [0.2, 0.25) is 17.7 Å². The molecule has 3 atom stereocenters. The molecular weight excluding hydrogens is 492 g/mol. The Labute approximate surface area is 224 Å². The van der Waals surface area contributed by atoms with Crippen LogP contribution in [0.5, 0.6) is 5.75 Å². The zero-order valence-corrected chi connectivity index (χ0v) is 22.7. The first-order chi connectivity index (χ1) is 18.0. The number of guanidine groups is 1. The maximum Gasteiger partial charge on any atom is 0.307 e. The van der Waals surface area contributed by atoms with E-state index in [0.717, 1.165) is 12.0 Å². The van der Waals surface area contributed by atoms with Gasteiger partial charge in [0, 0.05) is 25.9 Å². The van der Waals surface area contributed by atoms with Crippen molar-refractivity contribution in [3.8, 4) is 5.75 Å². The van der Waals surface area contributed by atoms with E-state index >= 15 is 0 Å². The topological polar surface area (TPSA) is 185 Å². The molecule has 1 rings (SSSR count). The molecule has 0 unspecified atom stereocenters. The number of nitrogens with one attached hydrogen (secondary N) is 5. The van der Waals surface area contributed by atoms with Crippen molar-refractivity contribution in [2.45, 2.75) is 77.4 Å². The van der Waals surface area contributed by atoms with Gasteiger partial charge in [0.15, 0.2) is 5.96 Å². The second-order valence-corrected chi connectivity index (χ2v) is 9.04. The molecule has 0 radical (unpaired) electrons. The molecule has 12 heteroatoms. The van der Waals surface area contributed by atoms with Crippen molar-refractivity contribution < 1.29 is 28.7 Å². The third-order valence-electron chi connectivity index (χ3n) is 5.49. The summed E-state index contributed by atoms with van der Waals surface area (Å²) >= 11 is 0. The molecular formula is C26H42N6O6. The third-order valence-corrected chi connectivity index (χ3v) is 5.49. The van der Waals surface area contributed by atoms with Crippen LogP contribution in [0, 0.1) is 5.41 Å². The minimum Gasteiger partial charge on any atom is -0.494 e. The van der Waals surface area contributed by atoms with Crippen LogP contribution in [0.2, 0.25) is 0 Å². The van der Waals surface area contributed by atoms with Gasteiger partial charge in [-0.1, -0.05) is 19.1 Å². The van der Waals surface area contributed by atoms with Gasteiger partial charge in [0.1, 0.15) is 17.8 Å². The zero-order valence-electron chi connectivity index (χ0n) is 22.7. The summed E-state index contributed by atoms with van der Waals surface area (Å²) in [6, 6.07) is 4.96. The fourth-order valence-electron chi connectivity index (χ4n) is 3.60. The van der Waals surface area contributed by atoms with Crippen LogP contribution in [-0.4, -0.2) is 68.0 Å². The lowest BCUT2D eigenvalue weighted by Crippen LogP contribution is -2.55. The zero-order chi connectivity index (χ0) is 28.5. The van der Waals surface area contributed by atoms with Crippen molar-refractivity contribution in [1.82, 2.24) is 21.3 Å². The van der Waals surface area contributed by atoms with E-state index in [9.17, 15) is 19.2 Å². The molecule has 38 heavy (non-hydrogen) atoms. The maximum atomic E-state index is 13.2. The van der Waals surface area contributed by atoms with E-state index in [0.29, 0.717) is 38.2 Å². The van der Waals surface area contributed by atoms with Crippen LogP contribution in [-0.2, 0) is 30.3 Å². The second-order valence-electron chi connectivity index (χ2n) is 9.04. The molecule has 1 aromatic rings. The lowest BCUT2D eigenvalue weighted by Gasteiger charge is -2.24. The lowest BCUT2D eigenvalue weighted by molar-refractivity contribution is -0.141. The first-order valence-corrected chi connectivity index (χ1v) is 12.8. The molecule has 0 bridgehead atoms. The van der Waals surface area contributed by atoms with E-state index < -0.39 is 35.9 Å². The van der Waals surface area contributed by atoms with Gasteiger partial charge in [0.05, 0.1) is 20.1 Å². The molecule has 0 saturated heterocycles. The lowest BCUT2D eigenvalue weighted by atomic mass is 10.0. The summed E-state index contributed by atoms with van der Waals surface area (Å²) in [6.45, 7) is 6.05. The van der Waals surface area contributed by atoms with Crippen LogP contribution in [0.25, 0.3) is 0 Å².